The maximum Gasteiger partial charge on any atom is 0.165 e. The van der Waals surface area contributed by atoms with E-state index < -0.39 is 41.7 Å². The summed E-state index contributed by atoms with van der Waals surface area (Å²) in [5.74, 6) is -1.54. The molecule has 4 heterocycles. The van der Waals surface area contributed by atoms with E-state index in [4.69, 9.17) is 49.0 Å². The highest BCUT2D eigenvalue weighted by Gasteiger charge is 2.61. The van der Waals surface area contributed by atoms with E-state index in [0.717, 1.165) is 0 Å². The lowest BCUT2D eigenvalue weighted by atomic mass is 9.87. The van der Waals surface area contributed by atoms with Crippen LogP contribution < -0.4 is 0 Å². The zero-order valence-corrected chi connectivity index (χ0v) is 19.5. The number of aliphatic hydroxyl groups is 1. The van der Waals surface area contributed by atoms with Crippen LogP contribution in [-0.2, 0) is 19.8 Å². The summed E-state index contributed by atoms with van der Waals surface area (Å²) in [7, 11) is 0. The van der Waals surface area contributed by atoms with Gasteiger partial charge in [-0.2, -0.15) is 0 Å². The lowest BCUT2D eigenvalue weighted by Gasteiger charge is -2.34. The van der Waals surface area contributed by atoms with Crippen molar-refractivity contribution in [2.75, 3.05) is 0 Å². The molecule has 1 unspecified atom stereocenters. The summed E-state index contributed by atoms with van der Waals surface area (Å²) >= 11 is 18.3. The van der Waals surface area contributed by atoms with Gasteiger partial charge in [0.25, 0.3) is 0 Å². The Bertz CT molecular complexity index is 1220. The molecule has 5 rings (SSSR count). The van der Waals surface area contributed by atoms with Crippen LogP contribution in [0.1, 0.15) is 32.6 Å². The van der Waals surface area contributed by atoms with Crippen LogP contribution in [0.15, 0.2) is 30.7 Å². The summed E-state index contributed by atoms with van der Waals surface area (Å²) in [5.41, 5.74) is -0.808. The number of benzene rings is 1. The topological polar surface area (TPSA) is 78.6 Å². The summed E-state index contributed by atoms with van der Waals surface area (Å²) in [6, 6.07) is 4.84. The van der Waals surface area contributed by atoms with E-state index in [2.05, 4.69) is 9.97 Å². The van der Waals surface area contributed by atoms with Gasteiger partial charge in [0, 0.05) is 6.20 Å². The molecule has 2 saturated heterocycles. The van der Waals surface area contributed by atoms with Crippen molar-refractivity contribution in [1.82, 2.24) is 14.5 Å². The fraction of sp³-hybridized carbons (Fsp3) is 0.429. The minimum absolute atomic E-state index is 0.0101. The molecule has 2 aliphatic rings. The normalized spacial score (nSPS) is 28.8. The van der Waals surface area contributed by atoms with E-state index in [1.807, 2.05) is 0 Å². The third-order valence-corrected chi connectivity index (χ3v) is 6.90. The average Bonchev–Trinajstić information content (AvgIpc) is 3.32. The van der Waals surface area contributed by atoms with Crippen molar-refractivity contribution in [1.29, 1.82) is 0 Å². The van der Waals surface area contributed by atoms with Crippen LogP contribution in [0.2, 0.25) is 15.2 Å². The van der Waals surface area contributed by atoms with Crippen molar-refractivity contribution in [2.45, 2.75) is 56.7 Å². The molecule has 3 aromatic rings. The highest BCUT2D eigenvalue weighted by molar-refractivity contribution is 6.42. The van der Waals surface area contributed by atoms with Gasteiger partial charge >= 0.3 is 0 Å². The molecule has 0 saturated carbocycles. The Morgan fingerprint density at radius 3 is 2.56 bits per heavy atom. The fourth-order valence-electron chi connectivity index (χ4n) is 4.43. The highest BCUT2D eigenvalue weighted by Crippen LogP contribution is 2.49. The number of rotatable bonds is 3. The lowest BCUT2D eigenvalue weighted by molar-refractivity contribution is -0.221. The predicted octanol–water partition coefficient (Wildman–Crippen LogP) is 4.86. The third-order valence-electron chi connectivity index (χ3n) is 5.88. The average molecular weight is 503 g/mol. The molecule has 5 atom stereocenters. The van der Waals surface area contributed by atoms with Crippen molar-refractivity contribution in [3.8, 4) is 0 Å². The second-order valence-electron chi connectivity index (χ2n) is 8.54. The molecule has 2 aromatic heterocycles. The van der Waals surface area contributed by atoms with Crippen LogP contribution in [0.4, 0.5) is 4.39 Å². The lowest BCUT2D eigenvalue weighted by Crippen LogP contribution is -2.45. The first kappa shape index (κ1) is 22.3. The van der Waals surface area contributed by atoms with Crippen molar-refractivity contribution in [3.05, 3.63) is 57.3 Å². The Hall–Kier alpha value is -1.52. The van der Waals surface area contributed by atoms with E-state index in [1.54, 1.807) is 39.0 Å². The fourth-order valence-corrected chi connectivity index (χ4v) is 4.94. The maximum atomic E-state index is 14.7. The second-order valence-corrected chi connectivity index (χ2v) is 9.71. The molecular weight excluding hydrogens is 484 g/mol. The van der Waals surface area contributed by atoms with Gasteiger partial charge in [0.1, 0.15) is 41.0 Å². The van der Waals surface area contributed by atoms with Crippen LogP contribution in [0, 0.1) is 5.82 Å². The molecule has 11 heteroatoms. The first-order valence-electron chi connectivity index (χ1n) is 9.85. The largest absolute Gasteiger partial charge is 0.383 e. The summed E-state index contributed by atoms with van der Waals surface area (Å²) in [5, 5.41) is 12.3. The van der Waals surface area contributed by atoms with Crippen LogP contribution >= 0.6 is 34.8 Å². The van der Waals surface area contributed by atoms with Crippen LogP contribution in [0.25, 0.3) is 11.0 Å². The summed E-state index contributed by atoms with van der Waals surface area (Å²) < 4.78 is 34.7. The molecule has 0 aliphatic carbocycles. The first-order valence-corrected chi connectivity index (χ1v) is 11.0. The number of halogens is 4. The molecular formula is C21H19Cl3FN3O4. The number of ether oxygens (including phenoxy) is 3. The Morgan fingerprint density at radius 1 is 1.12 bits per heavy atom. The molecule has 2 fully saturated rings. The van der Waals surface area contributed by atoms with Gasteiger partial charge in [-0.25, -0.2) is 14.4 Å². The molecule has 0 amide bonds. The number of hydrogen-bond donors (Lipinski definition) is 1. The maximum absolute atomic E-state index is 14.7. The Balaban J connectivity index is 1.60. The third kappa shape index (κ3) is 3.40. The highest BCUT2D eigenvalue weighted by atomic mass is 35.5. The van der Waals surface area contributed by atoms with Crippen molar-refractivity contribution in [2.24, 2.45) is 0 Å². The minimum atomic E-state index is -1.54. The molecule has 0 spiro atoms. The van der Waals surface area contributed by atoms with Crippen molar-refractivity contribution >= 4 is 45.8 Å². The van der Waals surface area contributed by atoms with Crippen LogP contribution in [0.3, 0.4) is 0 Å². The standard InChI is InChI=1S/C21H19Cl3FN3O4/c1-20(2)31-14-15(32-20)19(28-7-12(25)13-17(24)26-8-27-18(13)28)30-16(14)21(3,29)9-4-5-10(22)11(23)6-9/h4-8,14-16,19,29H,1-3H3/t14-,15+,16-,19+,21?/m0/s1. The van der Waals surface area contributed by atoms with Crippen LogP contribution in [0.5, 0.6) is 0 Å². The molecule has 2 aliphatic heterocycles. The monoisotopic (exact) mass is 501 g/mol. The van der Waals surface area contributed by atoms with E-state index in [9.17, 15) is 9.50 Å². The molecule has 32 heavy (non-hydrogen) atoms. The number of aromatic nitrogens is 3. The van der Waals surface area contributed by atoms with Gasteiger partial charge in [0.2, 0.25) is 0 Å². The minimum Gasteiger partial charge on any atom is -0.383 e. The SMILES string of the molecule is CC1(C)O[C@@H]2[C@H](O1)[C@@H](C(C)(O)c1ccc(Cl)c(Cl)c1)O[C@H]2n1cc(F)c2c(Cl)ncnc21. The zero-order valence-electron chi connectivity index (χ0n) is 17.2. The molecule has 170 valence electrons. The van der Waals surface area contributed by atoms with Gasteiger partial charge in [0.05, 0.1) is 15.4 Å². The van der Waals surface area contributed by atoms with Gasteiger partial charge in [-0.3, -0.25) is 0 Å². The molecule has 1 aromatic carbocycles. The predicted molar refractivity (Wildman–Crippen MR) is 116 cm³/mol. The second kappa shape index (κ2) is 7.50. The van der Waals surface area contributed by atoms with Crippen molar-refractivity contribution in [3.63, 3.8) is 0 Å². The van der Waals surface area contributed by atoms with Gasteiger partial charge in [-0.05, 0) is 38.5 Å². The number of fused-ring (bicyclic) bond motifs is 2. The van der Waals surface area contributed by atoms with Crippen molar-refractivity contribution < 1.29 is 23.7 Å². The van der Waals surface area contributed by atoms with E-state index in [0.29, 0.717) is 15.6 Å². The Kier molecular flexibility index (Phi) is 5.22. The Morgan fingerprint density at radius 2 is 1.84 bits per heavy atom. The molecule has 0 radical (unpaired) electrons. The van der Waals surface area contributed by atoms with E-state index in [1.165, 1.54) is 17.1 Å². The summed E-state index contributed by atoms with van der Waals surface area (Å²) in [6.07, 6.45) is -0.580. The van der Waals surface area contributed by atoms with Gasteiger partial charge in [0.15, 0.2) is 17.8 Å². The smallest absolute Gasteiger partial charge is 0.165 e. The molecule has 0 bridgehead atoms. The number of nitrogens with zero attached hydrogens (tertiary/aromatic N) is 3. The molecule has 7 nitrogen and oxygen atoms in total. The van der Waals surface area contributed by atoms with E-state index in [-0.39, 0.29) is 16.2 Å². The van der Waals surface area contributed by atoms with E-state index >= 15 is 0 Å². The summed E-state index contributed by atoms with van der Waals surface area (Å²) in [6.45, 7) is 5.13. The number of hydrogen-bond acceptors (Lipinski definition) is 6. The quantitative estimate of drug-likeness (QED) is 0.516. The zero-order chi connectivity index (χ0) is 23.0. The first-order chi connectivity index (χ1) is 15.0. The van der Waals surface area contributed by atoms with Gasteiger partial charge in [-0.15, -0.1) is 0 Å². The summed E-state index contributed by atoms with van der Waals surface area (Å²) in [4.78, 5) is 8.03. The van der Waals surface area contributed by atoms with Gasteiger partial charge < -0.3 is 23.9 Å². The Labute approximate surface area is 198 Å². The van der Waals surface area contributed by atoms with Crippen LogP contribution in [-0.4, -0.2) is 43.7 Å². The van der Waals surface area contributed by atoms with Gasteiger partial charge in [-0.1, -0.05) is 40.9 Å². The molecule has 1 N–H and O–H groups in total.